The summed E-state index contributed by atoms with van der Waals surface area (Å²) < 4.78 is 11.4. The number of likely N-dealkylation sites (tertiary alicyclic amines) is 1. The van der Waals surface area contributed by atoms with Crippen LogP contribution >= 0.6 is 11.3 Å². The predicted octanol–water partition coefficient (Wildman–Crippen LogP) is 5.16. The van der Waals surface area contributed by atoms with Gasteiger partial charge in [0.05, 0.1) is 40.5 Å². The number of nitrogens with one attached hydrogen (secondary N) is 3. The minimum Gasteiger partial charge on any atom is -0.507 e. The highest BCUT2D eigenvalue weighted by Crippen LogP contribution is 2.48. The Morgan fingerprint density at radius 2 is 1.85 bits per heavy atom. The van der Waals surface area contributed by atoms with Crippen LogP contribution in [0.25, 0.3) is 21.7 Å². The molecule has 8 rings (SSSR count). The van der Waals surface area contributed by atoms with Gasteiger partial charge in [-0.25, -0.2) is 4.98 Å². The molecule has 1 saturated heterocycles. The van der Waals surface area contributed by atoms with E-state index in [1.165, 1.54) is 4.90 Å². The van der Waals surface area contributed by atoms with Crippen LogP contribution in [-0.2, 0) is 20.8 Å². The van der Waals surface area contributed by atoms with Crippen molar-refractivity contribution in [2.24, 2.45) is 11.8 Å². The number of nitrogens with zero attached hydrogens (tertiary/aromatic N) is 5. The maximum Gasteiger partial charge on any atom is 0.254 e. The van der Waals surface area contributed by atoms with Crippen LogP contribution in [0.2, 0.25) is 0 Å². The molecule has 15 nitrogen and oxygen atoms in total. The van der Waals surface area contributed by atoms with Crippen LogP contribution in [-0.4, -0.2) is 90.6 Å². The molecule has 59 heavy (non-hydrogen) atoms. The van der Waals surface area contributed by atoms with Crippen molar-refractivity contribution in [2.75, 3.05) is 25.0 Å². The van der Waals surface area contributed by atoms with E-state index >= 15 is 0 Å². The zero-order valence-electron chi connectivity index (χ0n) is 33.3. The number of ether oxygens (including phenoxy) is 1. The molecule has 3 aromatic heterocycles. The number of aliphatic hydroxyl groups is 1. The number of thiazole rings is 1. The van der Waals surface area contributed by atoms with Gasteiger partial charge in [0.2, 0.25) is 17.7 Å². The number of aromatic hydroxyl groups is 1. The average Bonchev–Trinajstić information content (AvgIpc) is 4.02. The normalized spacial score (nSPS) is 21.7. The number of aromatic nitrogens is 4. The van der Waals surface area contributed by atoms with Crippen molar-refractivity contribution in [2.45, 2.75) is 83.0 Å². The molecule has 0 bridgehead atoms. The molecule has 2 aromatic carbocycles. The first-order valence-electron chi connectivity index (χ1n) is 20.0. The predicted molar refractivity (Wildman–Crippen MR) is 219 cm³/mol. The molecule has 5 heterocycles. The molecule has 3 amide bonds. The second-order valence-corrected chi connectivity index (χ2v) is 17.1. The van der Waals surface area contributed by atoms with Crippen molar-refractivity contribution in [1.29, 1.82) is 0 Å². The number of anilines is 1. The summed E-state index contributed by atoms with van der Waals surface area (Å²) in [6, 6.07) is 17.3. The fraction of sp³-hybridized carbons (Fsp3) is 0.419. The lowest BCUT2D eigenvalue weighted by Gasteiger charge is -2.44. The van der Waals surface area contributed by atoms with E-state index in [0.717, 1.165) is 33.7 Å². The van der Waals surface area contributed by atoms with E-state index in [-0.39, 0.29) is 84.6 Å². The van der Waals surface area contributed by atoms with E-state index < -0.39 is 18.1 Å². The molecule has 2 aliphatic heterocycles. The fourth-order valence-corrected chi connectivity index (χ4v) is 9.35. The van der Waals surface area contributed by atoms with Gasteiger partial charge in [-0.1, -0.05) is 50.2 Å². The first-order chi connectivity index (χ1) is 28.4. The minimum atomic E-state index is -0.857. The summed E-state index contributed by atoms with van der Waals surface area (Å²) in [4.78, 5) is 47.6. The number of rotatable bonds is 13. The van der Waals surface area contributed by atoms with Crippen LogP contribution in [0.4, 0.5) is 5.82 Å². The Morgan fingerprint density at radius 1 is 1.07 bits per heavy atom. The summed E-state index contributed by atoms with van der Waals surface area (Å²) in [6.45, 7) is 8.03. The Morgan fingerprint density at radius 3 is 2.58 bits per heavy atom. The van der Waals surface area contributed by atoms with E-state index in [9.17, 15) is 24.6 Å². The summed E-state index contributed by atoms with van der Waals surface area (Å²) in [5.41, 5.74) is 6.74. The number of phenolic OH excluding ortho intramolecular Hbond substituents is 1. The Labute approximate surface area is 345 Å². The molecule has 308 valence electrons. The number of carbonyl (C=O) groups excluding carboxylic acids is 3. The van der Waals surface area contributed by atoms with Crippen molar-refractivity contribution >= 4 is 34.9 Å². The standard InChI is InChI=1S/C43H48N8O7S/c1-23(2)37(42(56)51-21-30(52)16-33(51)41(55)46-24(3)26-9-11-27(12-10-26)38-25(4)45-22-59-38)35-17-36(50-58-35)57-14-13-44-40(54)29-19-43(20-29)18-28-15-32(48-49-39(28)47-43)31-7-5-6-8-34(31)53/h5-12,15,17,22-24,29-30,33,37,52-53H,13-14,16,18-21H2,1-4H3,(H,44,54)(H,46,55)(H,47,49)/t24-,29?,30+,33-,37?,43?/m0/s1. The van der Waals surface area contributed by atoms with Crippen molar-refractivity contribution in [1.82, 2.24) is 35.9 Å². The minimum absolute atomic E-state index is 0.0222. The van der Waals surface area contributed by atoms with Crippen LogP contribution < -0.4 is 20.7 Å². The number of benzene rings is 2. The highest BCUT2D eigenvalue weighted by Gasteiger charge is 2.51. The van der Waals surface area contributed by atoms with Gasteiger partial charge in [-0.05, 0) is 73.5 Å². The number of phenols is 1. The summed E-state index contributed by atoms with van der Waals surface area (Å²) in [5.74, 6) is -0.590. The maximum absolute atomic E-state index is 14.1. The molecule has 0 radical (unpaired) electrons. The lowest BCUT2D eigenvalue weighted by Crippen LogP contribution is -2.54. The average molecular weight is 821 g/mol. The summed E-state index contributed by atoms with van der Waals surface area (Å²) in [7, 11) is 0. The Kier molecular flexibility index (Phi) is 11.1. The van der Waals surface area contributed by atoms with Gasteiger partial charge in [0.25, 0.3) is 5.88 Å². The SMILES string of the molecule is Cc1ncsc1-c1ccc([C@H](C)NC(=O)[C@@H]2C[C@@H](O)CN2C(=O)C(c2cc(OCCNC(=O)C3CC4(Cc5cc(-c6ccccc6O)nnc5N4)C3)no2)C(C)C)cc1. The van der Waals surface area contributed by atoms with Crippen molar-refractivity contribution in [3.8, 4) is 33.3 Å². The number of β-amino-alcohol motifs (C(OH)–C–C–N with tert-alkyl or cyclic N) is 1. The molecular formula is C43H48N8O7S. The number of para-hydroxylation sites is 1. The summed E-state index contributed by atoms with van der Waals surface area (Å²) in [6.07, 6.45) is 1.29. The van der Waals surface area contributed by atoms with Crippen LogP contribution in [0.1, 0.15) is 74.6 Å². The van der Waals surface area contributed by atoms with Crippen LogP contribution in [0, 0.1) is 18.8 Å². The van der Waals surface area contributed by atoms with Crippen LogP contribution in [0.15, 0.2) is 70.7 Å². The number of hydrogen-bond donors (Lipinski definition) is 5. The highest BCUT2D eigenvalue weighted by atomic mass is 32.1. The quantitative estimate of drug-likeness (QED) is 0.0978. The highest BCUT2D eigenvalue weighted by molar-refractivity contribution is 7.13. The largest absolute Gasteiger partial charge is 0.507 e. The zero-order chi connectivity index (χ0) is 41.4. The third-order valence-corrected chi connectivity index (χ3v) is 12.6. The van der Waals surface area contributed by atoms with Crippen LogP contribution in [0.5, 0.6) is 11.6 Å². The van der Waals surface area contributed by atoms with Gasteiger partial charge in [0, 0.05) is 41.6 Å². The topological polar surface area (TPSA) is 205 Å². The molecule has 5 aromatic rings. The Bertz CT molecular complexity index is 2340. The second kappa shape index (κ2) is 16.4. The number of hydrogen-bond acceptors (Lipinski definition) is 13. The molecule has 1 spiro atoms. The van der Waals surface area contributed by atoms with Gasteiger partial charge in [-0.3, -0.25) is 14.4 Å². The molecular weight excluding hydrogens is 773 g/mol. The van der Waals surface area contributed by atoms with E-state index in [1.54, 1.807) is 35.6 Å². The Balaban J connectivity index is 0.810. The zero-order valence-corrected chi connectivity index (χ0v) is 34.2. The number of aryl methyl sites for hydroxylation is 1. The first kappa shape index (κ1) is 39.9. The third kappa shape index (κ3) is 8.23. The van der Waals surface area contributed by atoms with Gasteiger partial charge in [0.1, 0.15) is 24.3 Å². The second-order valence-electron chi connectivity index (χ2n) is 16.3. The molecule has 1 saturated carbocycles. The number of fused-ring (bicyclic) bond motifs is 1. The van der Waals surface area contributed by atoms with E-state index in [2.05, 4.69) is 36.3 Å². The van der Waals surface area contributed by atoms with Crippen LogP contribution in [0.3, 0.4) is 0 Å². The van der Waals surface area contributed by atoms with E-state index in [4.69, 9.17) is 9.26 Å². The molecule has 4 atom stereocenters. The van der Waals surface area contributed by atoms with Gasteiger partial charge in [-0.2, -0.15) is 0 Å². The maximum atomic E-state index is 14.1. The van der Waals surface area contributed by atoms with E-state index in [1.807, 2.05) is 69.6 Å². The van der Waals surface area contributed by atoms with Crippen molar-refractivity contribution < 1.29 is 33.9 Å². The fourth-order valence-electron chi connectivity index (χ4n) is 8.54. The molecule has 1 aliphatic carbocycles. The van der Waals surface area contributed by atoms with Crippen molar-refractivity contribution in [3.63, 3.8) is 0 Å². The smallest absolute Gasteiger partial charge is 0.254 e. The summed E-state index contributed by atoms with van der Waals surface area (Å²) >= 11 is 1.58. The Hall–Kier alpha value is -5.87. The first-order valence-corrected chi connectivity index (χ1v) is 20.9. The summed E-state index contributed by atoms with van der Waals surface area (Å²) in [5, 5.41) is 43.0. The van der Waals surface area contributed by atoms with Crippen molar-refractivity contribution in [3.05, 3.63) is 88.8 Å². The molecule has 16 heteroatoms. The molecule has 1 unspecified atom stereocenters. The lowest BCUT2D eigenvalue weighted by molar-refractivity contribution is -0.141. The number of aliphatic hydroxyl groups excluding tert-OH is 1. The van der Waals surface area contributed by atoms with Gasteiger partial charge < -0.3 is 40.3 Å². The number of amides is 3. The van der Waals surface area contributed by atoms with E-state index in [0.29, 0.717) is 29.9 Å². The molecule has 5 N–H and O–H groups in total. The van der Waals surface area contributed by atoms with Gasteiger partial charge in [0.15, 0.2) is 11.6 Å². The van der Waals surface area contributed by atoms with Gasteiger partial charge >= 0.3 is 0 Å². The number of carbonyl (C=O) groups is 3. The van der Waals surface area contributed by atoms with Gasteiger partial charge in [-0.15, -0.1) is 21.5 Å². The third-order valence-electron chi connectivity index (χ3n) is 11.6. The monoisotopic (exact) mass is 820 g/mol. The molecule has 3 aliphatic rings. The molecule has 2 fully saturated rings. The lowest BCUT2D eigenvalue weighted by atomic mass is 9.66.